The SMILES string of the molecule is COc1ccc(CNC(=O)Nc2cc(C)ns2)cc1. The third-order valence-electron chi connectivity index (χ3n) is 2.48. The quantitative estimate of drug-likeness (QED) is 0.903. The summed E-state index contributed by atoms with van der Waals surface area (Å²) in [6.07, 6.45) is 0. The minimum Gasteiger partial charge on any atom is -0.497 e. The largest absolute Gasteiger partial charge is 0.497 e. The van der Waals surface area contributed by atoms with E-state index in [2.05, 4.69) is 15.0 Å². The third-order valence-corrected chi connectivity index (χ3v) is 3.27. The van der Waals surface area contributed by atoms with Crippen LogP contribution in [-0.4, -0.2) is 17.5 Å². The number of nitrogens with zero attached hydrogens (tertiary/aromatic N) is 1. The third kappa shape index (κ3) is 3.96. The molecule has 6 heteroatoms. The van der Waals surface area contributed by atoms with E-state index in [1.54, 1.807) is 7.11 Å². The van der Waals surface area contributed by atoms with Crippen molar-refractivity contribution >= 4 is 22.6 Å². The van der Waals surface area contributed by atoms with Crippen LogP contribution < -0.4 is 15.4 Å². The number of carbonyl (C=O) groups excluding carboxylic acids is 1. The minimum absolute atomic E-state index is 0.237. The molecule has 19 heavy (non-hydrogen) atoms. The number of rotatable bonds is 4. The monoisotopic (exact) mass is 277 g/mol. The Morgan fingerprint density at radius 2 is 2.11 bits per heavy atom. The van der Waals surface area contributed by atoms with Gasteiger partial charge in [0, 0.05) is 6.54 Å². The van der Waals surface area contributed by atoms with Crippen LogP contribution in [0.15, 0.2) is 30.3 Å². The molecule has 1 aromatic carbocycles. The fourth-order valence-corrected chi connectivity index (χ4v) is 2.16. The van der Waals surface area contributed by atoms with E-state index in [4.69, 9.17) is 4.74 Å². The standard InChI is InChI=1S/C13H15N3O2S/c1-9-7-12(19-16-9)15-13(17)14-8-10-3-5-11(18-2)6-4-10/h3-7H,8H2,1-2H3,(H2,14,15,17). The zero-order valence-electron chi connectivity index (χ0n) is 10.8. The zero-order valence-corrected chi connectivity index (χ0v) is 11.6. The molecule has 2 rings (SSSR count). The summed E-state index contributed by atoms with van der Waals surface area (Å²) in [5.41, 5.74) is 1.91. The summed E-state index contributed by atoms with van der Waals surface area (Å²) in [5.74, 6) is 0.799. The summed E-state index contributed by atoms with van der Waals surface area (Å²) in [6.45, 7) is 2.35. The van der Waals surface area contributed by atoms with Gasteiger partial charge in [-0.1, -0.05) is 12.1 Å². The van der Waals surface area contributed by atoms with Crippen molar-refractivity contribution in [2.75, 3.05) is 12.4 Å². The number of hydrogen-bond acceptors (Lipinski definition) is 4. The van der Waals surface area contributed by atoms with Gasteiger partial charge in [-0.05, 0) is 42.2 Å². The molecule has 0 fully saturated rings. The molecule has 2 amide bonds. The number of methoxy groups -OCH3 is 1. The molecule has 1 aromatic heterocycles. The van der Waals surface area contributed by atoms with Crippen molar-refractivity contribution < 1.29 is 9.53 Å². The lowest BCUT2D eigenvalue weighted by molar-refractivity contribution is 0.252. The molecular weight excluding hydrogens is 262 g/mol. The number of carbonyl (C=O) groups is 1. The van der Waals surface area contributed by atoms with E-state index in [9.17, 15) is 4.79 Å². The molecule has 5 nitrogen and oxygen atoms in total. The van der Waals surface area contributed by atoms with Gasteiger partial charge in [0.25, 0.3) is 0 Å². The van der Waals surface area contributed by atoms with Gasteiger partial charge in [0.2, 0.25) is 0 Å². The second kappa shape index (κ2) is 6.19. The van der Waals surface area contributed by atoms with Crippen LogP contribution in [0.2, 0.25) is 0 Å². The van der Waals surface area contributed by atoms with E-state index in [1.165, 1.54) is 11.5 Å². The normalized spacial score (nSPS) is 10.0. The van der Waals surface area contributed by atoms with Gasteiger partial charge in [-0.15, -0.1) is 0 Å². The summed E-state index contributed by atoms with van der Waals surface area (Å²) in [7, 11) is 1.62. The Morgan fingerprint density at radius 3 is 2.68 bits per heavy atom. The van der Waals surface area contributed by atoms with Crippen molar-refractivity contribution in [2.45, 2.75) is 13.5 Å². The minimum atomic E-state index is -0.237. The highest BCUT2D eigenvalue weighted by Crippen LogP contribution is 2.15. The highest BCUT2D eigenvalue weighted by Gasteiger charge is 2.04. The van der Waals surface area contributed by atoms with Crippen LogP contribution in [0, 0.1) is 6.92 Å². The van der Waals surface area contributed by atoms with E-state index >= 15 is 0 Å². The molecule has 0 spiro atoms. The Labute approximate surface area is 115 Å². The lowest BCUT2D eigenvalue weighted by atomic mass is 10.2. The second-order valence-electron chi connectivity index (χ2n) is 3.99. The van der Waals surface area contributed by atoms with Crippen molar-refractivity contribution in [3.8, 4) is 5.75 Å². The molecule has 0 saturated heterocycles. The average molecular weight is 277 g/mol. The number of benzene rings is 1. The highest BCUT2D eigenvalue weighted by atomic mass is 32.1. The van der Waals surface area contributed by atoms with Gasteiger partial charge in [-0.3, -0.25) is 5.32 Å². The molecule has 0 aliphatic heterocycles. The molecule has 0 bridgehead atoms. The van der Waals surface area contributed by atoms with E-state index in [0.717, 1.165) is 22.0 Å². The lowest BCUT2D eigenvalue weighted by Crippen LogP contribution is -2.27. The molecule has 0 aliphatic carbocycles. The van der Waals surface area contributed by atoms with Gasteiger partial charge in [-0.2, -0.15) is 4.37 Å². The number of urea groups is 1. The second-order valence-corrected chi connectivity index (χ2v) is 4.79. The van der Waals surface area contributed by atoms with Gasteiger partial charge in [0.15, 0.2) is 0 Å². The van der Waals surface area contributed by atoms with Crippen molar-refractivity contribution in [1.82, 2.24) is 9.69 Å². The van der Waals surface area contributed by atoms with Gasteiger partial charge >= 0.3 is 6.03 Å². The molecule has 0 radical (unpaired) electrons. The fraction of sp³-hybridized carbons (Fsp3) is 0.231. The molecule has 0 aliphatic rings. The van der Waals surface area contributed by atoms with Crippen LogP contribution >= 0.6 is 11.5 Å². The van der Waals surface area contributed by atoms with E-state index < -0.39 is 0 Å². The van der Waals surface area contributed by atoms with Crippen LogP contribution in [0.25, 0.3) is 0 Å². The predicted octanol–water partition coefficient (Wildman–Crippen LogP) is 2.78. The van der Waals surface area contributed by atoms with Crippen molar-refractivity contribution in [1.29, 1.82) is 0 Å². The first-order valence-corrected chi connectivity index (χ1v) is 6.56. The van der Waals surface area contributed by atoms with Crippen molar-refractivity contribution in [3.05, 3.63) is 41.6 Å². The van der Waals surface area contributed by atoms with Crippen LogP contribution in [0.3, 0.4) is 0 Å². The number of hydrogen-bond donors (Lipinski definition) is 2. The maximum Gasteiger partial charge on any atom is 0.320 e. The Bertz CT molecular complexity index is 551. The molecule has 2 aromatic rings. The number of aromatic nitrogens is 1. The molecule has 0 saturated carbocycles. The van der Waals surface area contributed by atoms with Crippen molar-refractivity contribution in [3.63, 3.8) is 0 Å². The maximum absolute atomic E-state index is 11.7. The lowest BCUT2D eigenvalue weighted by Gasteiger charge is -2.06. The molecule has 1 heterocycles. The summed E-state index contributed by atoms with van der Waals surface area (Å²) >= 11 is 1.27. The molecular formula is C13H15N3O2S. The highest BCUT2D eigenvalue weighted by molar-refractivity contribution is 7.10. The molecule has 0 atom stereocenters. The Morgan fingerprint density at radius 1 is 1.37 bits per heavy atom. The molecule has 2 N–H and O–H groups in total. The van der Waals surface area contributed by atoms with Gasteiger partial charge in [0.05, 0.1) is 12.8 Å². The maximum atomic E-state index is 11.7. The van der Waals surface area contributed by atoms with Crippen LogP contribution in [0.1, 0.15) is 11.3 Å². The Hall–Kier alpha value is -2.08. The summed E-state index contributed by atoms with van der Waals surface area (Å²) in [4.78, 5) is 11.7. The number of nitrogens with one attached hydrogen (secondary N) is 2. The van der Waals surface area contributed by atoms with Gasteiger partial charge in [-0.25, -0.2) is 4.79 Å². The first kappa shape index (κ1) is 13.4. The number of anilines is 1. The van der Waals surface area contributed by atoms with Crippen LogP contribution in [0.4, 0.5) is 9.80 Å². The Kier molecular flexibility index (Phi) is 4.35. The number of amides is 2. The van der Waals surface area contributed by atoms with E-state index in [0.29, 0.717) is 6.54 Å². The number of ether oxygens (including phenoxy) is 1. The Balaban J connectivity index is 1.82. The smallest absolute Gasteiger partial charge is 0.320 e. The van der Waals surface area contributed by atoms with Gasteiger partial charge < -0.3 is 10.1 Å². The fourth-order valence-electron chi connectivity index (χ4n) is 1.50. The summed E-state index contributed by atoms with van der Waals surface area (Å²) in [5, 5.41) is 6.26. The van der Waals surface area contributed by atoms with Crippen LogP contribution in [0.5, 0.6) is 5.75 Å². The van der Waals surface area contributed by atoms with Gasteiger partial charge in [0.1, 0.15) is 10.8 Å². The topological polar surface area (TPSA) is 63.2 Å². The van der Waals surface area contributed by atoms with E-state index in [1.807, 2.05) is 37.3 Å². The average Bonchev–Trinajstić information content (AvgIpc) is 2.82. The predicted molar refractivity (Wildman–Crippen MR) is 75.7 cm³/mol. The molecule has 0 unspecified atom stereocenters. The zero-order chi connectivity index (χ0) is 13.7. The first-order valence-electron chi connectivity index (χ1n) is 5.78. The van der Waals surface area contributed by atoms with Crippen LogP contribution in [-0.2, 0) is 6.54 Å². The summed E-state index contributed by atoms with van der Waals surface area (Å²) in [6, 6.07) is 9.14. The molecule has 100 valence electrons. The van der Waals surface area contributed by atoms with E-state index in [-0.39, 0.29) is 6.03 Å². The number of aryl methyl sites for hydroxylation is 1. The summed E-state index contributed by atoms with van der Waals surface area (Å²) < 4.78 is 9.16. The first-order chi connectivity index (χ1) is 9.17. The van der Waals surface area contributed by atoms with Crippen molar-refractivity contribution in [2.24, 2.45) is 0 Å².